The summed E-state index contributed by atoms with van der Waals surface area (Å²) < 4.78 is 7.48. The van der Waals surface area contributed by atoms with Gasteiger partial charge in [0.05, 0.1) is 21.7 Å². The highest BCUT2D eigenvalue weighted by atomic mass is 35.5. The lowest BCUT2D eigenvalue weighted by molar-refractivity contribution is -0.380. The number of hydrogen-bond donors (Lipinski definition) is 0. The molecule has 11 heteroatoms. The van der Waals surface area contributed by atoms with E-state index in [0.29, 0.717) is 20.2 Å². The van der Waals surface area contributed by atoms with Crippen LogP contribution in [0, 0.1) is 17.0 Å². The zero-order valence-corrected chi connectivity index (χ0v) is 18.3. The van der Waals surface area contributed by atoms with Crippen molar-refractivity contribution in [3.63, 3.8) is 0 Å². The third-order valence-electron chi connectivity index (χ3n) is 4.01. The first-order valence-electron chi connectivity index (χ1n) is 8.75. The highest BCUT2D eigenvalue weighted by Gasteiger charge is 2.15. The molecule has 0 saturated heterocycles. The summed E-state index contributed by atoms with van der Waals surface area (Å²) in [5, 5.41) is 11.3. The smallest absolute Gasteiger partial charge is 0.326 e. The van der Waals surface area contributed by atoms with Crippen molar-refractivity contribution < 1.29 is 19.2 Å². The van der Waals surface area contributed by atoms with Crippen molar-refractivity contribution in [3.05, 3.63) is 60.7 Å². The lowest BCUT2D eigenvalue weighted by atomic mass is 10.2. The Morgan fingerprint density at radius 2 is 2.07 bits per heavy atom. The molecule has 0 fully saturated rings. The predicted octanol–water partition coefficient (Wildman–Crippen LogP) is 4.34. The van der Waals surface area contributed by atoms with Gasteiger partial charge < -0.3 is 9.30 Å². The maximum absolute atomic E-state index is 12.4. The molecule has 3 aromatic rings. The summed E-state index contributed by atoms with van der Waals surface area (Å²) in [6.45, 7) is 3.67. The van der Waals surface area contributed by atoms with Crippen molar-refractivity contribution in [1.29, 1.82) is 0 Å². The van der Waals surface area contributed by atoms with E-state index >= 15 is 0 Å². The van der Waals surface area contributed by atoms with E-state index in [1.807, 2.05) is 6.92 Å². The summed E-state index contributed by atoms with van der Waals surface area (Å²) >= 11 is 8.44. The Labute approximate surface area is 183 Å². The molecular weight excluding hydrogens is 450 g/mol. The van der Waals surface area contributed by atoms with Gasteiger partial charge in [-0.05, 0) is 43.7 Å². The fraction of sp³-hybridized carbons (Fsp3) is 0.211. The van der Waals surface area contributed by atoms with E-state index in [2.05, 4.69) is 4.99 Å². The number of esters is 1. The molecule has 0 aliphatic heterocycles. The van der Waals surface area contributed by atoms with Crippen LogP contribution in [-0.4, -0.2) is 28.0 Å². The lowest BCUT2D eigenvalue weighted by Crippen LogP contribution is -2.23. The molecule has 1 aromatic carbocycles. The van der Waals surface area contributed by atoms with E-state index in [0.717, 1.165) is 21.6 Å². The van der Waals surface area contributed by atoms with Crippen LogP contribution in [0.25, 0.3) is 16.3 Å². The first kappa shape index (κ1) is 21.9. The Bertz CT molecular complexity index is 1240. The highest BCUT2D eigenvalue weighted by Crippen LogP contribution is 2.27. The van der Waals surface area contributed by atoms with Gasteiger partial charge in [0.15, 0.2) is 4.80 Å². The number of carbonyl (C=O) groups is 2. The summed E-state index contributed by atoms with van der Waals surface area (Å²) in [6.07, 6.45) is 2.70. The number of halogens is 1. The summed E-state index contributed by atoms with van der Waals surface area (Å²) in [5.74, 6) is -1.01. The van der Waals surface area contributed by atoms with Gasteiger partial charge >= 0.3 is 11.0 Å². The number of amides is 1. The highest BCUT2D eigenvalue weighted by molar-refractivity contribution is 7.16. The van der Waals surface area contributed by atoms with Crippen LogP contribution in [-0.2, 0) is 20.9 Å². The second-order valence-electron chi connectivity index (χ2n) is 6.01. The number of thiophene rings is 1. The minimum atomic E-state index is -0.557. The normalized spacial score (nSPS) is 12.0. The van der Waals surface area contributed by atoms with E-state index in [4.69, 9.17) is 16.3 Å². The van der Waals surface area contributed by atoms with Crippen LogP contribution >= 0.6 is 34.3 Å². The average Bonchev–Trinajstić information content (AvgIpc) is 3.29. The summed E-state index contributed by atoms with van der Waals surface area (Å²) in [7, 11) is 0. The number of ether oxygens (including phenoxy) is 1. The fourth-order valence-corrected chi connectivity index (χ4v) is 4.67. The number of nitro groups is 1. The topological polar surface area (TPSA) is 104 Å². The molecule has 0 spiro atoms. The molecule has 0 aliphatic rings. The van der Waals surface area contributed by atoms with Crippen molar-refractivity contribution >= 4 is 67.4 Å². The van der Waals surface area contributed by atoms with Gasteiger partial charge in [0.2, 0.25) is 0 Å². The van der Waals surface area contributed by atoms with Crippen LogP contribution in [0.5, 0.6) is 0 Å². The minimum Gasteiger partial charge on any atom is -0.465 e. The van der Waals surface area contributed by atoms with Gasteiger partial charge in [-0.2, -0.15) is 4.99 Å². The van der Waals surface area contributed by atoms with Gasteiger partial charge in [0, 0.05) is 22.0 Å². The van der Waals surface area contributed by atoms with Crippen molar-refractivity contribution in [1.82, 2.24) is 4.57 Å². The Kier molecular flexibility index (Phi) is 6.80. The van der Waals surface area contributed by atoms with E-state index in [9.17, 15) is 19.7 Å². The molecule has 8 nitrogen and oxygen atoms in total. The average molecular weight is 466 g/mol. The monoisotopic (exact) mass is 465 g/mol. The van der Waals surface area contributed by atoms with Gasteiger partial charge in [0.1, 0.15) is 6.54 Å². The predicted molar refractivity (Wildman–Crippen MR) is 117 cm³/mol. The summed E-state index contributed by atoms with van der Waals surface area (Å²) in [6, 6.07) is 6.48. The molecule has 2 aromatic heterocycles. The Hall–Kier alpha value is -2.82. The van der Waals surface area contributed by atoms with Crippen LogP contribution in [0.4, 0.5) is 5.00 Å². The van der Waals surface area contributed by atoms with Crippen molar-refractivity contribution in [3.8, 4) is 0 Å². The van der Waals surface area contributed by atoms with Crippen molar-refractivity contribution in [2.24, 2.45) is 4.99 Å². The number of rotatable bonds is 6. The first-order valence-corrected chi connectivity index (χ1v) is 10.8. The van der Waals surface area contributed by atoms with Crippen molar-refractivity contribution in [2.75, 3.05) is 6.61 Å². The molecule has 0 atom stereocenters. The fourth-order valence-electron chi connectivity index (χ4n) is 2.70. The molecule has 2 heterocycles. The second-order valence-corrected chi connectivity index (χ2v) is 8.52. The van der Waals surface area contributed by atoms with Gasteiger partial charge in [0.25, 0.3) is 5.91 Å². The Balaban J connectivity index is 2.00. The van der Waals surface area contributed by atoms with Gasteiger partial charge in [-0.15, -0.1) is 0 Å². The standard InChI is InChI=1S/C19H16ClN3O5S2/c1-3-28-17(25)10-22-18-11(2)13(20)6-7-14(18)30-19(22)21-15(24)8-4-12-5-9-16(29-12)23(26)27/h4-9H,3,10H2,1-2H3. The number of hydrogen-bond acceptors (Lipinski definition) is 7. The molecule has 0 saturated carbocycles. The molecule has 1 amide bonds. The summed E-state index contributed by atoms with van der Waals surface area (Å²) in [4.78, 5) is 39.7. The molecule has 3 rings (SSSR count). The van der Waals surface area contributed by atoms with Gasteiger partial charge in [-0.1, -0.05) is 34.3 Å². The van der Waals surface area contributed by atoms with E-state index in [1.54, 1.807) is 29.7 Å². The van der Waals surface area contributed by atoms with E-state index < -0.39 is 16.8 Å². The molecule has 0 aliphatic carbocycles. The van der Waals surface area contributed by atoms with Crippen molar-refractivity contribution in [2.45, 2.75) is 20.4 Å². The third-order valence-corrected chi connectivity index (χ3v) is 6.47. The molecule has 30 heavy (non-hydrogen) atoms. The second kappa shape index (κ2) is 9.33. The van der Waals surface area contributed by atoms with E-state index in [-0.39, 0.29) is 18.2 Å². The SMILES string of the molecule is CCOC(=O)Cn1c(=NC(=O)C=Cc2ccc([N+](=O)[O-])s2)sc2ccc(Cl)c(C)c21. The van der Waals surface area contributed by atoms with Crippen LogP contribution in [0.15, 0.2) is 35.3 Å². The number of benzene rings is 1. The molecule has 0 radical (unpaired) electrons. The van der Waals surface area contributed by atoms with E-state index in [1.165, 1.54) is 29.6 Å². The largest absolute Gasteiger partial charge is 0.465 e. The molecule has 0 bridgehead atoms. The summed E-state index contributed by atoms with van der Waals surface area (Å²) in [5.41, 5.74) is 1.48. The number of nitrogens with zero attached hydrogens (tertiary/aromatic N) is 3. The molecule has 0 N–H and O–H groups in total. The van der Waals surface area contributed by atoms with Crippen LogP contribution in [0.1, 0.15) is 17.4 Å². The Morgan fingerprint density at radius 3 is 2.73 bits per heavy atom. The number of aromatic nitrogens is 1. The number of carbonyl (C=O) groups excluding carboxylic acids is 2. The minimum absolute atomic E-state index is 0.0109. The van der Waals surface area contributed by atoms with Gasteiger partial charge in [-0.25, -0.2) is 0 Å². The van der Waals surface area contributed by atoms with Crippen LogP contribution in [0.3, 0.4) is 0 Å². The zero-order chi connectivity index (χ0) is 21.8. The number of fused-ring (bicyclic) bond motifs is 1. The maximum atomic E-state index is 12.4. The van der Waals surface area contributed by atoms with Crippen LogP contribution < -0.4 is 4.80 Å². The number of aryl methyl sites for hydroxylation is 1. The number of thiazole rings is 1. The zero-order valence-electron chi connectivity index (χ0n) is 16.0. The first-order chi connectivity index (χ1) is 14.3. The van der Waals surface area contributed by atoms with Gasteiger partial charge in [-0.3, -0.25) is 19.7 Å². The lowest BCUT2D eigenvalue weighted by Gasteiger charge is -2.07. The third kappa shape index (κ3) is 4.84. The maximum Gasteiger partial charge on any atom is 0.326 e. The molecule has 0 unspecified atom stereocenters. The quantitative estimate of drug-likeness (QED) is 0.233. The van der Waals surface area contributed by atoms with Crippen LogP contribution in [0.2, 0.25) is 5.02 Å². The molecular formula is C19H16ClN3O5S2. The Morgan fingerprint density at radius 1 is 1.30 bits per heavy atom. The molecule has 156 valence electrons.